The fourth-order valence-corrected chi connectivity index (χ4v) is 4.40. The first-order valence-electron chi connectivity index (χ1n) is 8.53. The summed E-state index contributed by atoms with van der Waals surface area (Å²) >= 11 is 0. The zero-order valence-corrected chi connectivity index (χ0v) is 15.8. The lowest BCUT2D eigenvalue weighted by Gasteiger charge is -2.35. The first kappa shape index (κ1) is 18.9. The molecule has 1 heterocycles. The van der Waals surface area contributed by atoms with Crippen LogP contribution >= 0.6 is 0 Å². The molecule has 0 bridgehead atoms. The van der Waals surface area contributed by atoms with Gasteiger partial charge in [-0.2, -0.15) is 0 Å². The van der Waals surface area contributed by atoms with Gasteiger partial charge in [-0.05, 0) is 55.4 Å². The van der Waals surface area contributed by atoms with E-state index in [2.05, 4.69) is 18.6 Å². The number of carbonyl (C=O) groups is 1. The van der Waals surface area contributed by atoms with Crippen molar-refractivity contribution < 1.29 is 13.2 Å². The lowest BCUT2D eigenvalue weighted by atomic mass is 9.92. The fourth-order valence-electron chi connectivity index (χ4n) is 3.28. The molecule has 2 unspecified atom stereocenters. The Hall–Kier alpha value is -1.40. The molecule has 1 aromatic rings. The number of carbonyl (C=O) groups excluding carboxylic acids is 1. The smallest absolute Gasteiger partial charge is 0.240 e. The van der Waals surface area contributed by atoms with E-state index in [-0.39, 0.29) is 23.8 Å². The zero-order chi connectivity index (χ0) is 17.9. The molecule has 2 rings (SSSR count). The van der Waals surface area contributed by atoms with E-state index in [0.29, 0.717) is 11.8 Å². The van der Waals surface area contributed by atoms with Crippen LogP contribution in [-0.4, -0.2) is 38.9 Å². The van der Waals surface area contributed by atoms with Gasteiger partial charge in [-0.1, -0.05) is 19.9 Å². The molecule has 0 spiro atoms. The van der Waals surface area contributed by atoms with Gasteiger partial charge in [0.15, 0.2) is 0 Å². The first-order valence-corrected chi connectivity index (χ1v) is 10.0. The molecule has 0 radical (unpaired) electrons. The third kappa shape index (κ3) is 4.80. The highest BCUT2D eigenvalue weighted by molar-refractivity contribution is 7.89. The van der Waals surface area contributed by atoms with Crippen molar-refractivity contribution in [2.45, 2.75) is 45.4 Å². The molecule has 1 amide bonds. The van der Waals surface area contributed by atoms with E-state index in [1.807, 2.05) is 18.7 Å². The van der Waals surface area contributed by atoms with Crippen LogP contribution in [0, 0.1) is 25.7 Å². The van der Waals surface area contributed by atoms with Crippen LogP contribution in [-0.2, 0) is 14.8 Å². The number of likely N-dealkylation sites (tertiary alicyclic amines) is 1. The molecule has 1 aliphatic rings. The number of sulfonamides is 1. The highest BCUT2D eigenvalue weighted by Crippen LogP contribution is 2.21. The van der Waals surface area contributed by atoms with Gasteiger partial charge in [-0.3, -0.25) is 4.79 Å². The maximum Gasteiger partial charge on any atom is 0.240 e. The number of hydrogen-bond acceptors (Lipinski definition) is 3. The Kier molecular flexibility index (Phi) is 6.04. The number of amides is 1. The Balaban J connectivity index is 1.90. The SMILES string of the molecule is Cc1ccc(S(=O)(=O)NCCC(=O)N2CC(C)CC(C)C2)cc1C. The predicted octanol–water partition coefficient (Wildman–Crippen LogP) is 2.48. The van der Waals surface area contributed by atoms with Gasteiger partial charge in [0.1, 0.15) is 0 Å². The Morgan fingerprint density at radius 1 is 1.17 bits per heavy atom. The summed E-state index contributed by atoms with van der Waals surface area (Å²) in [6.07, 6.45) is 1.34. The molecule has 1 fully saturated rings. The van der Waals surface area contributed by atoms with Crippen LogP contribution in [0.1, 0.15) is 37.8 Å². The van der Waals surface area contributed by atoms with E-state index >= 15 is 0 Å². The lowest BCUT2D eigenvalue weighted by Crippen LogP contribution is -2.43. The topological polar surface area (TPSA) is 66.5 Å². The third-order valence-electron chi connectivity index (χ3n) is 4.64. The summed E-state index contributed by atoms with van der Waals surface area (Å²) in [6, 6.07) is 5.06. The molecule has 2 atom stereocenters. The molecule has 1 saturated heterocycles. The van der Waals surface area contributed by atoms with Crippen molar-refractivity contribution in [3.63, 3.8) is 0 Å². The average molecular weight is 353 g/mol. The number of nitrogens with one attached hydrogen (secondary N) is 1. The number of hydrogen-bond donors (Lipinski definition) is 1. The summed E-state index contributed by atoms with van der Waals surface area (Å²) in [5.41, 5.74) is 1.99. The van der Waals surface area contributed by atoms with Gasteiger partial charge in [0.25, 0.3) is 0 Å². The van der Waals surface area contributed by atoms with Gasteiger partial charge in [0.05, 0.1) is 4.90 Å². The van der Waals surface area contributed by atoms with Gasteiger partial charge in [-0.25, -0.2) is 13.1 Å². The summed E-state index contributed by atoms with van der Waals surface area (Å²) < 4.78 is 27.2. The number of aryl methyl sites for hydroxylation is 2. The minimum atomic E-state index is -3.57. The maximum absolute atomic E-state index is 12.3. The third-order valence-corrected chi connectivity index (χ3v) is 6.10. The van der Waals surface area contributed by atoms with Gasteiger partial charge < -0.3 is 4.90 Å². The molecule has 0 saturated carbocycles. The van der Waals surface area contributed by atoms with E-state index < -0.39 is 10.0 Å². The summed E-state index contributed by atoms with van der Waals surface area (Å²) in [5, 5.41) is 0. The molecule has 1 N–H and O–H groups in total. The molecule has 134 valence electrons. The van der Waals surface area contributed by atoms with Crippen molar-refractivity contribution in [2.75, 3.05) is 19.6 Å². The Morgan fingerprint density at radius 2 is 1.79 bits per heavy atom. The molecular formula is C18H28N2O3S. The lowest BCUT2D eigenvalue weighted by molar-refractivity contribution is -0.133. The highest BCUT2D eigenvalue weighted by atomic mass is 32.2. The van der Waals surface area contributed by atoms with Crippen LogP contribution in [0.25, 0.3) is 0 Å². The highest BCUT2D eigenvalue weighted by Gasteiger charge is 2.25. The summed E-state index contributed by atoms with van der Waals surface area (Å²) in [5.74, 6) is 1.03. The monoisotopic (exact) mass is 352 g/mol. The summed E-state index contributed by atoms with van der Waals surface area (Å²) in [6.45, 7) is 9.80. The van der Waals surface area contributed by atoms with Crippen LogP contribution in [0.3, 0.4) is 0 Å². The van der Waals surface area contributed by atoms with Crippen molar-refractivity contribution in [2.24, 2.45) is 11.8 Å². The Morgan fingerprint density at radius 3 is 2.38 bits per heavy atom. The first-order chi connectivity index (χ1) is 11.2. The number of benzene rings is 1. The standard InChI is InChI=1S/C18H28N2O3S/c1-13-9-14(2)12-20(11-13)18(21)7-8-19-24(22,23)17-6-5-15(3)16(4)10-17/h5-6,10,13-14,19H,7-9,11-12H2,1-4H3. The van der Waals surface area contributed by atoms with Crippen molar-refractivity contribution in [1.82, 2.24) is 9.62 Å². The van der Waals surface area contributed by atoms with E-state index in [1.54, 1.807) is 18.2 Å². The van der Waals surface area contributed by atoms with E-state index in [4.69, 9.17) is 0 Å². The van der Waals surface area contributed by atoms with Crippen molar-refractivity contribution in [3.05, 3.63) is 29.3 Å². The molecule has 5 nitrogen and oxygen atoms in total. The van der Waals surface area contributed by atoms with E-state index in [1.165, 1.54) is 0 Å². The molecule has 0 aliphatic carbocycles. The molecular weight excluding hydrogens is 324 g/mol. The van der Waals surface area contributed by atoms with Gasteiger partial charge in [0.2, 0.25) is 15.9 Å². The molecule has 1 aromatic carbocycles. The second-order valence-corrected chi connectivity index (χ2v) is 8.91. The van der Waals surface area contributed by atoms with Crippen molar-refractivity contribution in [3.8, 4) is 0 Å². The van der Waals surface area contributed by atoms with Crippen LogP contribution in [0.15, 0.2) is 23.1 Å². The zero-order valence-electron chi connectivity index (χ0n) is 15.0. The normalized spacial score (nSPS) is 21.8. The minimum absolute atomic E-state index is 0.0242. The number of piperidine rings is 1. The van der Waals surface area contributed by atoms with Crippen molar-refractivity contribution in [1.29, 1.82) is 0 Å². The van der Waals surface area contributed by atoms with Gasteiger partial charge in [-0.15, -0.1) is 0 Å². The van der Waals surface area contributed by atoms with Gasteiger partial charge in [0, 0.05) is 26.1 Å². The van der Waals surface area contributed by atoms with E-state index in [0.717, 1.165) is 30.6 Å². The second-order valence-electron chi connectivity index (χ2n) is 7.14. The predicted molar refractivity (Wildman–Crippen MR) is 95.2 cm³/mol. The van der Waals surface area contributed by atoms with E-state index in [9.17, 15) is 13.2 Å². The average Bonchev–Trinajstić information content (AvgIpc) is 2.48. The fraction of sp³-hybridized carbons (Fsp3) is 0.611. The Labute approximate surface area is 145 Å². The van der Waals surface area contributed by atoms with Crippen LogP contribution < -0.4 is 4.72 Å². The second kappa shape index (κ2) is 7.66. The number of rotatable bonds is 5. The molecule has 0 aromatic heterocycles. The van der Waals surface area contributed by atoms with Gasteiger partial charge >= 0.3 is 0 Å². The van der Waals surface area contributed by atoms with Crippen LogP contribution in [0.4, 0.5) is 0 Å². The maximum atomic E-state index is 12.3. The quantitative estimate of drug-likeness (QED) is 0.885. The minimum Gasteiger partial charge on any atom is -0.342 e. The van der Waals surface area contributed by atoms with Crippen LogP contribution in [0.2, 0.25) is 0 Å². The van der Waals surface area contributed by atoms with Crippen molar-refractivity contribution >= 4 is 15.9 Å². The molecule has 6 heteroatoms. The number of nitrogens with zero attached hydrogens (tertiary/aromatic N) is 1. The summed E-state index contributed by atoms with van der Waals surface area (Å²) in [7, 11) is -3.57. The Bertz CT molecular complexity index is 690. The molecule has 1 aliphatic heterocycles. The van der Waals surface area contributed by atoms with Crippen LogP contribution in [0.5, 0.6) is 0 Å². The summed E-state index contributed by atoms with van der Waals surface area (Å²) in [4.78, 5) is 14.4. The largest absolute Gasteiger partial charge is 0.342 e. The molecule has 24 heavy (non-hydrogen) atoms.